The number of rotatable bonds is 5. The van der Waals surface area contributed by atoms with E-state index in [1.165, 1.54) is 18.2 Å². The lowest BCUT2D eigenvalue weighted by Crippen LogP contribution is -2.11. The van der Waals surface area contributed by atoms with Gasteiger partial charge in [0.1, 0.15) is 5.75 Å². The molecule has 1 aromatic carbocycles. The molecule has 1 aromatic rings. The van der Waals surface area contributed by atoms with Crippen LogP contribution in [0.4, 0.5) is 0 Å². The molecule has 4 heteroatoms. The first-order valence-electron chi connectivity index (χ1n) is 5.51. The van der Waals surface area contributed by atoms with Gasteiger partial charge in [0.15, 0.2) is 5.78 Å². The number of Topliss-reactive ketones (excluding diaryl/α,β-unsaturated/α-hetero) is 1. The number of benzene rings is 1. The van der Waals surface area contributed by atoms with Crippen LogP contribution in [0.15, 0.2) is 18.2 Å². The van der Waals surface area contributed by atoms with Crippen LogP contribution in [0.5, 0.6) is 5.75 Å². The highest BCUT2D eigenvalue weighted by Crippen LogP contribution is 2.23. The first-order valence-corrected chi connectivity index (χ1v) is 5.51. The van der Waals surface area contributed by atoms with Crippen molar-refractivity contribution in [3.8, 4) is 5.75 Å². The van der Waals surface area contributed by atoms with Crippen LogP contribution in [-0.4, -0.2) is 23.5 Å². The van der Waals surface area contributed by atoms with E-state index in [4.69, 9.17) is 9.84 Å². The summed E-state index contributed by atoms with van der Waals surface area (Å²) in [5.74, 6) is -0.920. The van der Waals surface area contributed by atoms with Gasteiger partial charge in [-0.05, 0) is 25.1 Å². The maximum atomic E-state index is 11.9. The Kier molecular flexibility index (Phi) is 4.26. The Morgan fingerprint density at radius 3 is 2.47 bits per heavy atom. The minimum atomic E-state index is -1.05. The summed E-state index contributed by atoms with van der Waals surface area (Å²) < 4.78 is 5.33. The van der Waals surface area contributed by atoms with Crippen molar-refractivity contribution in [3.05, 3.63) is 29.3 Å². The van der Waals surface area contributed by atoms with Gasteiger partial charge in [-0.2, -0.15) is 0 Å². The van der Waals surface area contributed by atoms with Crippen molar-refractivity contribution in [3.63, 3.8) is 0 Å². The Morgan fingerprint density at radius 2 is 2.00 bits per heavy atom. The zero-order valence-electron chi connectivity index (χ0n) is 10.2. The number of hydrogen-bond donors (Lipinski definition) is 1. The fraction of sp³-hybridized carbons (Fsp3) is 0.385. The first-order chi connectivity index (χ1) is 7.97. The Morgan fingerprint density at radius 1 is 1.35 bits per heavy atom. The molecule has 0 saturated carbocycles. The lowest BCUT2D eigenvalue weighted by molar-refractivity contribution is 0.0697. The minimum Gasteiger partial charge on any atom is -0.493 e. The highest BCUT2D eigenvalue weighted by atomic mass is 16.5. The normalized spacial score (nSPS) is 10.4. The van der Waals surface area contributed by atoms with Crippen molar-refractivity contribution in [1.82, 2.24) is 0 Å². The fourth-order valence-corrected chi connectivity index (χ4v) is 1.45. The Balaban J connectivity index is 3.24. The molecule has 0 amide bonds. The molecule has 0 fully saturated rings. The van der Waals surface area contributed by atoms with E-state index in [0.717, 1.165) is 0 Å². The van der Waals surface area contributed by atoms with Crippen LogP contribution in [0.2, 0.25) is 0 Å². The van der Waals surface area contributed by atoms with Gasteiger partial charge >= 0.3 is 5.97 Å². The molecule has 0 aromatic heterocycles. The molecule has 0 aliphatic carbocycles. The molecule has 0 spiro atoms. The number of ether oxygens (including phenoxy) is 1. The molecule has 4 nitrogen and oxygen atoms in total. The van der Waals surface area contributed by atoms with Crippen molar-refractivity contribution in [1.29, 1.82) is 0 Å². The van der Waals surface area contributed by atoms with E-state index in [2.05, 4.69) is 0 Å². The number of hydrogen-bond acceptors (Lipinski definition) is 3. The predicted octanol–water partition coefficient (Wildman–Crippen LogP) is 2.62. The average Bonchev–Trinajstić information content (AvgIpc) is 2.28. The van der Waals surface area contributed by atoms with Crippen LogP contribution < -0.4 is 4.74 Å². The van der Waals surface area contributed by atoms with Crippen molar-refractivity contribution in [2.24, 2.45) is 5.92 Å². The molecule has 1 rings (SSSR count). The van der Waals surface area contributed by atoms with Crippen molar-refractivity contribution in [2.75, 3.05) is 6.61 Å². The van der Waals surface area contributed by atoms with E-state index in [1.54, 1.807) is 13.8 Å². The number of carbonyl (C=O) groups excluding carboxylic acids is 1. The zero-order chi connectivity index (χ0) is 13.0. The lowest BCUT2D eigenvalue weighted by atomic mass is 9.98. The summed E-state index contributed by atoms with van der Waals surface area (Å²) in [6, 6.07) is 4.34. The van der Waals surface area contributed by atoms with Crippen LogP contribution >= 0.6 is 0 Å². The van der Waals surface area contributed by atoms with Crippen molar-refractivity contribution in [2.45, 2.75) is 20.8 Å². The standard InChI is InChI=1S/C13H16O4/c1-4-17-11-6-5-9(13(15)16)7-10(11)12(14)8(2)3/h5-8H,4H2,1-3H3,(H,15,16). The summed E-state index contributed by atoms with van der Waals surface area (Å²) >= 11 is 0. The van der Waals surface area contributed by atoms with Gasteiger partial charge in [0.05, 0.1) is 17.7 Å². The van der Waals surface area contributed by atoms with Crippen LogP contribution in [0, 0.1) is 5.92 Å². The topological polar surface area (TPSA) is 63.6 Å². The van der Waals surface area contributed by atoms with E-state index < -0.39 is 5.97 Å². The van der Waals surface area contributed by atoms with Gasteiger partial charge < -0.3 is 9.84 Å². The highest BCUT2D eigenvalue weighted by Gasteiger charge is 2.18. The summed E-state index contributed by atoms with van der Waals surface area (Å²) in [6.45, 7) is 5.79. The molecule has 1 N–H and O–H groups in total. The fourth-order valence-electron chi connectivity index (χ4n) is 1.45. The summed E-state index contributed by atoms with van der Waals surface area (Å²) in [5.41, 5.74) is 0.430. The smallest absolute Gasteiger partial charge is 0.335 e. The van der Waals surface area contributed by atoms with Gasteiger partial charge in [0, 0.05) is 5.92 Å². The van der Waals surface area contributed by atoms with Crippen LogP contribution in [0.3, 0.4) is 0 Å². The quantitative estimate of drug-likeness (QED) is 0.798. The van der Waals surface area contributed by atoms with E-state index in [-0.39, 0.29) is 17.3 Å². The monoisotopic (exact) mass is 236 g/mol. The van der Waals surface area contributed by atoms with E-state index in [9.17, 15) is 9.59 Å². The second-order valence-electron chi connectivity index (χ2n) is 3.97. The third-order valence-electron chi connectivity index (χ3n) is 2.32. The van der Waals surface area contributed by atoms with Crippen LogP contribution in [0.25, 0.3) is 0 Å². The number of ketones is 1. The average molecular weight is 236 g/mol. The molecule has 0 aliphatic heterocycles. The maximum absolute atomic E-state index is 11.9. The van der Waals surface area contributed by atoms with Gasteiger partial charge in [0.2, 0.25) is 0 Å². The Hall–Kier alpha value is -1.84. The largest absolute Gasteiger partial charge is 0.493 e. The molecule has 0 radical (unpaired) electrons. The Bertz CT molecular complexity index is 435. The molecule has 92 valence electrons. The SMILES string of the molecule is CCOc1ccc(C(=O)O)cc1C(=O)C(C)C. The van der Waals surface area contributed by atoms with E-state index in [1.807, 2.05) is 6.92 Å². The molecule has 17 heavy (non-hydrogen) atoms. The third-order valence-corrected chi connectivity index (χ3v) is 2.32. The number of carboxylic acid groups (broad SMARTS) is 1. The van der Waals surface area contributed by atoms with Gasteiger partial charge in [-0.1, -0.05) is 13.8 Å². The molecule has 0 saturated heterocycles. The highest BCUT2D eigenvalue weighted by molar-refractivity contribution is 6.02. The molecular formula is C13H16O4. The zero-order valence-corrected chi connectivity index (χ0v) is 10.2. The molecule has 0 heterocycles. The van der Waals surface area contributed by atoms with Crippen molar-refractivity contribution >= 4 is 11.8 Å². The van der Waals surface area contributed by atoms with E-state index >= 15 is 0 Å². The third kappa shape index (κ3) is 3.06. The van der Waals surface area contributed by atoms with Crippen molar-refractivity contribution < 1.29 is 19.4 Å². The number of aromatic carboxylic acids is 1. The molecular weight excluding hydrogens is 220 g/mol. The number of carbonyl (C=O) groups is 2. The second kappa shape index (κ2) is 5.48. The summed E-state index contributed by atoms with van der Waals surface area (Å²) in [4.78, 5) is 22.8. The summed E-state index contributed by atoms with van der Waals surface area (Å²) in [5, 5.41) is 8.90. The Labute approximate surface area is 100 Å². The van der Waals surface area contributed by atoms with E-state index in [0.29, 0.717) is 17.9 Å². The predicted molar refractivity (Wildman–Crippen MR) is 63.7 cm³/mol. The maximum Gasteiger partial charge on any atom is 0.335 e. The van der Waals surface area contributed by atoms with Crippen LogP contribution in [0.1, 0.15) is 41.5 Å². The lowest BCUT2D eigenvalue weighted by Gasteiger charge is -2.11. The van der Waals surface area contributed by atoms with Gasteiger partial charge in [-0.15, -0.1) is 0 Å². The molecule has 0 bridgehead atoms. The second-order valence-corrected chi connectivity index (χ2v) is 3.97. The van der Waals surface area contributed by atoms with Gasteiger partial charge in [-0.25, -0.2) is 4.79 Å². The molecule has 0 unspecified atom stereocenters. The molecule has 0 atom stereocenters. The minimum absolute atomic E-state index is 0.0949. The van der Waals surface area contributed by atoms with Crippen LogP contribution in [-0.2, 0) is 0 Å². The number of carboxylic acids is 1. The van der Waals surface area contributed by atoms with Gasteiger partial charge in [-0.3, -0.25) is 4.79 Å². The summed E-state index contributed by atoms with van der Waals surface area (Å²) in [6.07, 6.45) is 0. The summed E-state index contributed by atoms with van der Waals surface area (Å²) in [7, 11) is 0. The van der Waals surface area contributed by atoms with Gasteiger partial charge in [0.25, 0.3) is 0 Å². The molecule has 0 aliphatic rings. The first kappa shape index (κ1) is 13.2.